The van der Waals surface area contributed by atoms with Gasteiger partial charge in [-0.1, -0.05) is 11.6 Å². The fraction of sp³-hybridized carbons (Fsp3) is 0.400. The van der Waals surface area contributed by atoms with Crippen LogP contribution in [0.2, 0.25) is 5.02 Å². The van der Waals surface area contributed by atoms with E-state index < -0.39 is 17.5 Å². The number of benzene rings is 2. The largest absolute Gasteiger partial charge is 0.494 e. The number of hydrogen-bond donors (Lipinski definition) is 2. The molecule has 2 aromatic carbocycles. The standard InChI is InChI=1S/C30H33ClF2N6O4/c1-37-23(21-5-6-24(43-2)26(33)25(21)32)16-35-27(37)28(40)36-19-3-4-20(22(31)15-19)30(42)39-11-7-17(8-12-39)29(41)38-13-9-18(34)10-14-38/h3-6,15-18H,7-14,34H2,1-2H3,(H,36,40). The van der Waals surface area contributed by atoms with Gasteiger partial charge in [0.15, 0.2) is 17.4 Å². The predicted molar refractivity (Wildman–Crippen MR) is 157 cm³/mol. The average Bonchev–Trinajstić information content (AvgIpc) is 3.39. The second-order valence-electron chi connectivity index (χ2n) is 10.8. The summed E-state index contributed by atoms with van der Waals surface area (Å²) in [6, 6.07) is 7.34. The van der Waals surface area contributed by atoms with E-state index >= 15 is 0 Å². The number of nitrogens with zero attached hydrogens (tertiary/aromatic N) is 4. The molecule has 10 nitrogen and oxygen atoms in total. The molecule has 0 unspecified atom stereocenters. The predicted octanol–water partition coefficient (Wildman–Crippen LogP) is 4.08. The van der Waals surface area contributed by atoms with Crippen LogP contribution in [-0.2, 0) is 11.8 Å². The van der Waals surface area contributed by atoms with Gasteiger partial charge in [-0.2, -0.15) is 4.39 Å². The van der Waals surface area contributed by atoms with Crippen LogP contribution in [0.4, 0.5) is 14.5 Å². The molecule has 0 saturated carbocycles. The van der Waals surface area contributed by atoms with Gasteiger partial charge in [0.25, 0.3) is 11.8 Å². The Kier molecular flexibility index (Phi) is 8.97. The molecule has 2 saturated heterocycles. The van der Waals surface area contributed by atoms with Crippen molar-refractivity contribution in [1.82, 2.24) is 19.4 Å². The third-order valence-electron chi connectivity index (χ3n) is 8.17. The fourth-order valence-electron chi connectivity index (χ4n) is 5.59. The Morgan fingerprint density at radius 1 is 1.00 bits per heavy atom. The number of amides is 3. The summed E-state index contributed by atoms with van der Waals surface area (Å²) in [5.74, 6) is -3.38. The molecule has 1 aromatic heterocycles. The van der Waals surface area contributed by atoms with Crippen LogP contribution in [0, 0.1) is 17.6 Å². The van der Waals surface area contributed by atoms with Gasteiger partial charge in [-0.05, 0) is 56.0 Å². The molecule has 2 fully saturated rings. The number of halogens is 3. The number of carbonyl (C=O) groups excluding carboxylic acids is 3. The van der Waals surface area contributed by atoms with Crippen molar-refractivity contribution < 1.29 is 27.9 Å². The van der Waals surface area contributed by atoms with Gasteiger partial charge in [0.2, 0.25) is 11.7 Å². The van der Waals surface area contributed by atoms with Crippen molar-refractivity contribution >= 4 is 35.0 Å². The Balaban J connectivity index is 1.21. The molecule has 2 aliphatic heterocycles. The van der Waals surface area contributed by atoms with Crippen molar-refractivity contribution in [3.8, 4) is 17.0 Å². The lowest BCUT2D eigenvalue weighted by atomic mass is 9.93. The van der Waals surface area contributed by atoms with Crippen molar-refractivity contribution in [2.24, 2.45) is 18.7 Å². The van der Waals surface area contributed by atoms with Gasteiger partial charge in [0, 0.05) is 56.4 Å². The van der Waals surface area contributed by atoms with E-state index in [1.807, 2.05) is 4.90 Å². The molecule has 2 aliphatic rings. The van der Waals surface area contributed by atoms with Crippen LogP contribution < -0.4 is 15.8 Å². The maximum absolute atomic E-state index is 14.6. The lowest BCUT2D eigenvalue weighted by molar-refractivity contribution is -0.138. The summed E-state index contributed by atoms with van der Waals surface area (Å²) < 4.78 is 35.0. The Hall–Kier alpha value is -4.03. The third-order valence-corrected chi connectivity index (χ3v) is 8.49. The van der Waals surface area contributed by atoms with E-state index in [1.165, 1.54) is 49.2 Å². The summed E-state index contributed by atoms with van der Waals surface area (Å²) in [6.07, 6.45) is 4.05. The number of aromatic nitrogens is 2. The maximum Gasteiger partial charge on any atom is 0.291 e. The highest BCUT2D eigenvalue weighted by atomic mass is 35.5. The second kappa shape index (κ2) is 12.7. The molecule has 3 N–H and O–H groups in total. The first-order valence-corrected chi connectivity index (χ1v) is 14.5. The molecule has 228 valence electrons. The topological polar surface area (TPSA) is 123 Å². The van der Waals surface area contributed by atoms with Gasteiger partial charge in [-0.3, -0.25) is 14.4 Å². The number of piperidine rings is 2. The van der Waals surface area contributed by atoms with Crippen LogP contribution in [0.1, 0.15) is 46.7 Å². The highest BCUT2D eigenvalue weighted by molar-refractivity contribution is 6.34. The summed E-state index contributed by atoms with van der Waals surface area (Å²) in [4.78, 5) is 46.8. The Morgan fingerprint density at radius 3 is 2.33 bits per heavy atom. The Morgan fingerprint density at radius 2 is 1.67 bits per heavy atom. The number of likely N-dealkylation sites (tertiary alicyclic amines) is 2. The van der Waals surface area contributed by atoms with Crippen molar-refractivity contribution in [2.45, 2.75) is 31.7 Å². The molecule has 43 heavy (non-hydrogen) atoms. The molecule has 0 spiro atoms. The minimum absolute atomic E-state index is 0.0493. The monoisotopic (exact) mass is 614 g/mol. The highest BCUT2D eigenvalue weighted by Gasteiger charge is 2.32. The number of anilines is 1. The molecule has 5 rings (SSSR count). The SMILES string of the molecule is COc1ccc(-c2cnc(C(=O)Nc3ccc(C(=O)N4CCC(C(=O)N5CCC(N)CC5)CC4)c(Cl)c3)n2C)c(F)c1F. The van der Waals surface area contributed by atoms with E-state index in [0.29, 0.717) is 44.7 Å². The molecule has 0 radical (unpaired) electrons. The zero-order chi connectivity index (χ0) is 30.8. The maximum atomic E-state index is 14.6. The van der Waals surface area contributed by atoms with E-state index in [-0.39, 0.29) is 57.2 Å². The summed E-state index contributed by atoms with van der Waals surface area (Å²) in [5, 5.41) is 2.83. The summed E-state index contributed by atoms with van der Waals surface area (Å²) in [7, 11) is 2.74. The zero-order valence-electron chi connectivity index (χ0n) is 23.9. The van der Waals surface area contributed by atoms with Crippen LogP contribution in [0.5, 0.6) is 5.75 Å². The van der Waals surface area contributed by atoms with E-state index in [0.717, 1.165) is 12.8 Å². The number of carbonyl (C=O) groups is 3. The van der Waals surface area contributed by atoms with Crippen molar-refractivity contribution in [1.29, 1.82) is 0 Å². The van der Waals surface area contributed by atoms with E-state index in [2.05, 4.69) is 10.3 Å². The Labute approximate surface area is 252 Å². The smallest absolute Gasteiger partial charge is 0.291 e. The first-order chi connectivity index (χ1) is 20.6. The third kappa shape index (κ3) is 6.21. The first kappa shape index (κ1) is 30.4. The number of rotatable bonds is 6. The Bertz CT molecular complexity index is 1550. The molecule has 3 heterocycles. The van der Waals surface area contributed by atoms with Crippen molar-refractivity contribution in [3.05, 3.63) is 64.6 Å². The van der Waals surface area contributed by atoms with Gasteiger partial charge in [0.05, 0.1) is 29.6 Å². The summed E-state index contributed by atoms with van der Waals surface area (Å²) >= 11 is 6.46. The molecule has 13 heteroatoms. The van der Waals surface area contributed by atoms with E-state index in [9.17, 15) is 23.2 Å². The van der Waals surface area contributed by atoms with E-state index in [1.54, 1.807) is 11.0 Å². The van der Waals surface area contributed by atoms with Gasteiger partial charge in [-0.15, -0.1) is 0 Å². The van der Waals surface area contributed by atoms with Gasteiger partial charge in [-0.25, -0.2) is 9.37 Å². The number of nitrogens with two attached hydrogens (primary N) is 1. The molecule has 3 amide bonds. The minimum atomic E-state index is -1.14. The fourth-order valence-corrected chi connectivity index (χ4v) is 5.85. The quantitative estimate of drug-likeness (QED) is 0.431. The first-order valence-electron chi connectivity index (χ1n) is 14.1. The molecule has 0 aliphatic carbocycles. The number of hydrogen-bond acceptors (Lipinski definition) is 6. The van der Waals surface area contributed by atoms with Gasteiger partial charge in [0.1, 0.15) is 0 Å². The van der Waals surface area contributed by atoms with Gasteiger partial charge < -0.3 is 30.2 Å². The van der Waals surface area contributed by atoms with Crippen molar-refractivity contribution in [2.75, 3.05) is 38.6 Å². The number of ether oxygens (including phenoxy) is 1. The molecular weight excluding hydrogens is 582 g/mol. The zero-order valence-corrected chi connectivity index (χ0v) is 24.7. The van der Waals surface area contributed by atoms with Crippen molar-refractivity contribution in [3.63, 3.8) is 0 Å². The molecule has 0 bridgehead atoms. The van der Waals surface area contributed by atoms with Gasteiger partial charge >= 0.3 is 0 Å². The highest BCUT2D eigenvalue weighted by Crippen LogP contribution is 2.31. The molecule has 0 atom stereocenters. The molecular formula is C30H33ClF2N6O4. The van der Waals surface area contributed by atoms with Crippen LogP contribution in [0.15, 0.2) is 36.5 Å². The van der Waals surface area contributed by atoms with E-state index in [4.69, 9.17) is 22.1 Å². The molecule has 3 aromatic rings. The average molecular weight is 615 g/mol. The number of imidazole rings is 1. The summed E-state index contributed by atoms with van der Waals surface area (Å²) in [5.41, 5.74) is 6.67. The minimum Gasteiger partial charge on any atom is -0.494 e. The second-order valence-corrected chi connectivity index (χ2v) is 11.3. The van der Waals surface area contributed by atoms with Crippen LogP contribution in [-0.4, -0.2) is 76.4 Å². The lowest BCUT2D eigenvalue weighted by Crippen LogP contribution is -2.48. The summed E-state index contributed by atoms with van der Waals surface area (Å²) in [6.45, 7) is 2.25. The number of nitrogens with one attached hydrogen (secondary N) is 1. The lowest BCUT2D eigenvalue weighted by Gasteiger charge is -2.36. The van der Waals surface area contributed by atoms with Crippen LogP contribution in [0.25, 0.3) is 11.3 Å². The number of methoxy groups -OCH3 is 1. The normalized spacial score (nSPS) is 16.3. The van der Waals surface area contributed by atoms with Crippen LogP contribution >= 0.6 is 11.6 Å². The van der Waals surface area contributed by atoms with Crippen LogP contribution in [0.3, 0.4) is 0 Å².